The Balaban J connectivity index is 1.45. The van der Waals surface area contributed by atoms with E-state index < -0.39 is 0 Å². The number of hydrogen-bond donors (Lipinski definition) is 0. The average Bonchev–Trinajstić information content (AvgIpc) is 3.25. The van der Waals surface area contributed by atoms with Gasteiger partial charge in [-0.2, -0.15) is 4.52 Å². The molecule has 1 amide bonds. The zero-order chi connectivity index (χ0) is 19.8. The maximum Gasteiger partial charge on any atom is 0.227 e. The third kappa shape index (κ3) is 3.32. The third-order valence-electron chi connectivity index (χ3n) is 5.45. The first-order valence-corrected chi connectivity index (χ1v) is 9.53. The van der Waals surface area contributed by atoms with E-state index in [1.807, 2.05) is 54.4 Å². The third-order valence-corrected chi connectivity index (χ3v) is 5.45. The van der Waals surface area contributed by atoms with Crippen LogP contribution in [0.15, 0.2) is 16.7 Å². The van der Waals surface area contributed by atoms with Crippen LogP contribution in [0.2, 0.25) is 0 Å². The van der Waals surface area contributed by atoms with Crippen molar-refractivity contribution < 1.29 is 9.32 Å². The van der Waals surface area contributed by atoms with E-state index in [2.05, 4.69) is 20.5 Å². The number of nitrogens with zero attached hydrogens (tertiary/aromatic N) is 7. The largest absolute Gasteiger partial charge is 0.361 e. The van der Waals surface area contributed by atoms with Crippen LogP contribution in [0.1, 0.15) is 41.6 Å². The number of aryl methyl sites for hydroxylation is 2. The SMILES string of the molecule is Cc1noc(C)c1CC(=O)N1CCC(c2nnc3ccc(N(C)C)nn23)CC1. The van der Waals surface area contributed by atoms with Gasteiger partial charge in [0.2, 0.25) is 5.91 Å². The van der Waals surface area contributed by atoms with Crippen LogP contribution in [-0.2, 0) is 11.2 Å². The first-order chi connectivity index (χ1) is 13.4. The van der Waals surface area contributed by atoms with Crippen LogP contribution in [0, 0.1) is 13.8 Å². The second-order valence-corrected chi connectivity index (χ2v) is 7.55. The van der Waals surface area contributed by atoms with Gasteiger partial charge in [0.1, 0.15) is 11.6 Å². The van der Waals surface area contributed by atoms with Crippen molar-refractivity contribution in [3.8, 4) is 0 Å². The highest BCUT2D eigenvalue weighted by Gasteiger charge is 2.28. The van der Waals surface area contributed by atoms with E-state index in [1.165, 1.54) is 0 Å². The predicted molar refractivity (Wildman–Crippen MR) is 103 cm³/mol. The van der Waals surface area contributed by atoms with E-state index in [1.54, 1.807) is 0 Å². The zero-order valence-corrected chi connectivity index (χ0v) is 16.7. The van der Waals surface area contributed by atoms with Crippen molar-refractivity contribution in [2.75, 3.05) is 32.1 Å². The Kier molecular flexibility index (Phi) is 4.74. The van der Waals surface area contributed by atoms with Gasteiger partial charge >= 0.3 is 0 Å². The molecule has 4 rings (SSSR count). The Labute approximate surface area is 163 Å². The highest BCUT2D eigenvalue weighted by Crippen LogP contribution is 2.28. The summed E-state index contributed by atoms with van der Waals surface area (Å²) in [5, 5.41) is 17.2. The summed E-state index contributed by atoms with van der Waals surface area (Å²) in [6.45, 7) is 5.13. The topological polar surface area (TPSA) is 92.7 Å². The van der Waals surface area contributed by atoms with Crippen molar-refractivity contribution in [1.29, 1.82) is 0 Å². The van der Waals surface area contributed by atoms with Crippen molar-refractivity contribution >= 4 is 17.4 Å². The summed E-state index contributed by atoms with van der Waals surface area (Å²) in [6, 6.07) is 3.87. The molecule has 0 aromatic carbocycles. The van der Waals surface area contributed by atoms with Crippen molar-refractivity contribution in [1.82, 2.24) is 29.9 Å². The maximum atomic E-state index is 12.7. The molecule has 0 N–H and O–H groups in total. The molecule has 3 aromatic rings. The molecule has 0 radical (unpaired) electrons. The van der Waals surface area contributed by atoms with Crippen LogP contribution in [0.3, 0.4) is 0 Å². The highest BCUT2D eigenvalue weighted by molar-refractivity contribution is 5.79. The molecular weight excluding hydrogens is 358 g/mol. The number of anilines is 1. The summed E-state index contributed by atoms with van der Waals surface area (Å²) in [5.74, 6) is 2.81. The minimum atomic E-state index is 0.118. The fraction of sp³-hybridized carbons (Fsp3) is 0.526. The summed E-state index contributed by atoms with van der Waals surface area (Å²) >= 11 is 0. The lowest BCUT2D eigenvalue weighted by Gasteiger charge is -2.31. The first kappa shape index (κ1) is 18.4. The van der Waals surface area contributed by atoms with E-state index in [0.29, 0.717) is 19.5 Å². The number of likely N-dealkylation sites (tertiary alicyclic amines) is 1. The number of carbonyl (C=O) groups excluding carboxylic acids is 1. The number of piperidine rings is 1. The number of amides is 1. The van der Waals surface area contributed by atoms with Crippen LogP contribution < -0.4 is 4.90 Å². The monoisotopic (exact) mass is 383 g/mol. The molecule has 9 heteroatoms. The van der Waals surface area contributed by atoms with Crippen LogP contribution in [-0.4, -0.2) is 63.0 Å². The Morgan fingerprint density at radius 2 is 1.96 bits per heavy atom. The Hall–Kier alpha value is -2.97. The lowest BCUT2D eigenvalue weighted by molar-refractivity contribution is -0.131. The van der Waals surface area contributed by atoms with Gasteiger partial charge in [0.15, 0.2) is 11.5 Å². The molecule has 0 atom stereocenters. The van der Waals surface area contributed by atoms with Crippen LogP contribution in [0.25, 0.3) is 5.65 Å². The molecule has 0 spiro atoms. The fourth-order valence-corrected chi connectivity index (χ4v) is 3.69. The molecule has 0 unspecified atom stereocenters. The molecule has 28 heavy (non-hydrogen) atoms. The van der Waals surface area contributed by atoms with Crippen molar-refractivity contribution in [2.45, 2.75) is 39.0 Å². The summed E-state index contributed by atoms with van der Waals surface area (Å²) < 4.78 is 7.00. The molecule has 0 saturated carbocycles. The van der Waals surface area contributed by atoms with E-state index in [-0.39, 0.29) is 11.8 Å². The van der Waals surface area contributed by atoms with Gasteiger partial charge in [-0.05, 0) is 38.8 Å². The molecule has 0 bridgehead atoms. The van der Waals surface area contributed by atoms with Gasteiger partial charge in [0.05, 0.1) is 12.1 Å². The predicted octanol–water partition coefficient (Wildman–Crippen LogP) is 1.74. The van der Waals surface area contributed by atoms with Crippen molar-refractivity contribution in [3.05, 3.63) is 35.0 Å². The number of carbonyl (C=O) groups is 1. The lowest BCUT2D eigenvalue weighted by Crippen LogP contribution is -2.39. The van der Waals surface area contributed by atoms with Crippen molar-refractivity contribution in [3.63, 3.8) is 0 Å². The number of aromatic nitrogens is 5. The van der Waals surface area contributed by atoms with Gasteiger partial charge in [-0.3, -0.25) is 4.79 Å². The fourth-order valence-electron chi connectivity index (χ4n) is 3.69. The van der Waals surface area contributed by atoms with Gasteiger partial charge in [0.25, 0.3) is 0 Å². The average molecular weight is 383 g/mol. The van der Waals surface area contributed by atoms with Gasteiger partial charge in [0, 0.05) is 38.7 Å². The first-order valence-electron chi connectivity index (χ1n) is 9.53. The Bertz CT molecular complexity index is 980. The molecule has 1 saturated heterocycles. The summed E-state index contributed by atoms with van der Waals surface area (Å²) in [4.78, 5) is 16.6. The second kappa shape index (κ2) is 7.21. The normalized spacial score (nSPS) is 15.4. The molecule has 148 valence electrons. The van der Waals surface area contributed by atoms with E-state index in [4.69, 9.17) is 4.52 Å². The number of hydrogen-bond acceptors (Lipinski definition) is 7. The number of fused-ring (bicyclic) bond motifs is 1. The van der Waals surface area contributed by atoms with Gasteiger partial charge in [-0.1, -0.05) is 5.16 Å². The Morgan fingerprint density at radius 3 is 2.61 bits per heavy atom. The molecule has 1 aliphatic heterocycles. The number of rotatable bonds is 4. The molecule has 4 heterocycles. The second-order valence-electron chi connectivity index (χ2n) is 7.55. The molecule has 1 fully saturated rings. The molecule has 1 aliphatic rings. The maximum absolute atomic E-state index is 12.7. The Morgan fingerprint density at radius 1 is 1.21 bits per heavy atom. The summed E-state index contributed by atoms with van der Waals surface area (Å²) in [5.41, 5.74) is 2.44. The van der Waals surface area contributed by atoms with E-state index in [0.717, 1.165) is 47.1 Å². The van der Waals surface area contributed by atoms with E-state index >= 15 is 0 Å². The highest BCUT2D eigenvalue weighted by atomic mass is 16.5. The zero-order valence-electron chi connectivity index (χ0n) is 16.7. The standard InChI is InChI=1S/C19H25N7O2/c1-12-15(13(2)28-23-12)11-18(27)25-9-7-14(8-10-25)19-21-20-16-5-6-17(24(3)4)22-26(16)19/h5-6,14H,7-11H2,1-4H3. The summed E-state index contributed by atoms with van der Waals surface area (Å²) in [6.07, 6.45) is 2.04. The van der Waals surface area contributed by atoms with Crippen molar-refractivity contribution in [2.24, 2.45) is 0 Å². The van der Waals surface area contributed by atoms with E-state index in [9.17, 15) is 4.79 Å². The molecule has 9 nitrogen and oxygen atoms in total. The summed E-state index contributed by atoms with van der Waals surface area (Å²) in [7, 11) is 3.92. The molecule has 0 aliphatic carbocycles. The molecular formula is C19H25N7O2. The smallest absolute Gasteiger partial charge is 0.227 e. The van der Waals surface area contributed by atoms with Gasteiger partial charge in [-0.25, -0.2) is 0 Å². The molecule has 3 aromatic heterocycles. The lowest BCUT2D eigenvalue weighted by atomic mass is 9.95. The van der Waals surface area contributed by atoms with Gasteiger partial charge in [-0.15, -0.1) is 15.3 Å². The quantitative estimate of drug-likeness (QED) is 0.677. The van der Waals surface area contributed by atoms with Crippen LogP contribution in [0.4, 0.5) is 5.82 Å². The van der Waals surface area contributed by atoms with Crippen LogP contribution in [0.5, 0.6) is 0 Å². The minimum Gasteiger partial charge on any atom is -0.361 e. The van der Waals surface area contributed by atoms with Gasteiger partial charge < -0.3 is 14.3 Å². The minimum absolute atomic E-state index is 0.118. The van der Waals surface area contributed by atoms with Crippen LogP contribution >= 0.6 is 0 Å².